The van der Waals surface area contributed by atoms with Gasteiger partial charge in [0.25, 0.3) is 5.69 Å². The van der Waals surface area contributed by atoms with Gasteiger partial charge in [0.05, 0.1) is 22.7 Å². The monoisotopic (exact) mass is 280 g/mol. The van der Waals surface area contributed by atoms with Gasteiger partial charge in [-0.15, -0.1) is 0 Å². The Bertz CT molecular complexity index is 624. The topological polar surface area (TPSA) is 73.8 Å². The summed E-state index contributed by atoms with van der Waals surface area (Å²) in [6.45, 7) is 3.99. The van der Waals surface area contributed by atoms with Crippen LogP contribution in [0.3, 0.4) is 0 Å². The third-order valence-electron chi connectivity index (χ3n) is 2.75. The Labute approximate surface area is 115 Å². The van der Waals surface area contributed by atoms with Crippen molar-refractivity contribution in [1.82, 2.24) is 14.8 Å². The van der Waals surface area contributed by atoms with E-state index in [1.54, 1.807) is 4.68 Å². The molecule has 0 aliphatic heterocycles. The minimum absolute atomic E-state index is 0.0831. The van der Waals surface area contributed by atoms with Crippen LogP contribution in [0.15, 0.2) is 18.2 Å². The van der Waals surface area contributed by atoms with Crippen LogP contribution in [0.25, 0.3) is 5.82 Å². The van der Waals surface area contributed by atoms with Gasteiger partial charge in [0.15, 0.2) is 5.82 Å². The highest BCUT2D eigenvalue weighted by atomic mass is 35.5. The van der Waals surface area contributed by atoms with E-state index in [9.17, 15) is 10.1 Å². The lowest BCUT2D eigenvalue weighted by molar-refractivity contribution is -0.384. The average Bonchev–Trinajstić information content (AvgIpc) is 2.81. The minimum atomic E-state index is -0.493. The van der Waals surface area contributed by atoms with Crippen LogP contribution < -0.4 is 0 Å². The standard InChI is InChI=1S/C12H13ClN4O2/c1-3-8-5-9(4-2)16(15-8)12-7-10(17(18)19)6-11(13)14-12/h5-7H,3-4H2,1-2H3. The molecule has 0 saturated carbocycles. The van der Waals surface area contributed by atoms with E-state index < -0.39 is 4.92 Å². The van der Waals surface area contributed by atoms with Crippen molar-refractivity contribution in [2.75, 3.05) is 0 Å². The van der Waals surface area contributed by atoms with Gasteiger partial charge in [-0.05, 0) is 18.9 Å². The molecule has 0 aromatic carbocycles. The molecule has 7 heteroatoms. The molecule has 0 fully saturated rings. The van der Waals surface area contributed by atoms with E-state index in [1.807, 2.05) is 19.9 Å². The van der Waals surface area contributed by atoms with Crippen molar-refractivity contribution in [1.29, 1.82) is 0 Å². The quantitative estimate of drug-likeness (QED) is 0.490. The summed E-state index contributed by atoms with van der Waals surface area (Å²) in [5.41, 5.74) is 1.77. The Morgan fingerprint density at radius 3 is 2.63 bits per heavy atom. The Morgan fingerprint density at radius 1 is 1.32 bits per heavy atom. The van der Waals surface area contributed by atoms with Gasteiger partial charge in [-0.25, -0.2) is 9.67 Å². The van der Waals surface area contributed by atoms with E-state index >= 15 is 0 Å². The van der Waals surface area contributed by atoms with E-state index in [2.05, 4.69) is 10.1 Å². The van der Waals surface area contributed by atoms with Crippen molar-refractivity contribution in [2.45, 2.75) is 26.7 Å². The molecule has 100 valence electrons. The molecular weight excluding hydrogens is 268 g/mol. The zero-order chi connectivity index (χ0) is 14.0. The summed E-state index contributed by atoms with van der Waals surface area (Å²) < 4.78 is 1.61. The first-order chi connectivity index (χ1) is 9.05. The van der Waals surface area contributed by atoms with E-state index in [0.717, 1.165) is 24.2 Å². The first-order valence-corrected chi connectivity index (χ1v) is 6.33. The predicted molar refractivity (Wildman–Crippen MR) is 71.8 cm³/mol. The summed E-state index contributed by atoms with van der Waals surface area (Å²) in [4.78, 5) is 14.5. The molecule has 0 amide bonds. The molecule has 0 aliphatic rings. The molecule has 2 rings (SSSR count). The first kappa shape index (κ1) is 13.5. The molecule has 2 heterocycles. The molecule has 0 aliphatic carbocycles. The molecule has 6 nitrogen and oxygen atoms in total. The number of nitrogens with zero attached hydrogens (tertiary/aromatic N) is 4. The highest BCUT2D eigenvalue weighted by Crippen LogP contribution is 2.21. The lowest BCUT2D eigenvalue weighted by atomic mass is 10.2. The highest BCUT2D eigenvalue weighted by Gasteiger charge is 2.14. The minimum Gasteiger partial charge on any atom is -0.258 e. The molecule has 19 heavy (non-hydrogen) atoms. The van der Waals surface area contributed by atoms with Gasteiger partial charge in [0, 0.05) is 5.69 Å². The van der Waals surface area contributed by atoms with Crippen LogP contribution in [0.5, 0.6) is 0 Å². The summed E-state index contributed by atoms with van der Waals surface area (Å²) in [7, 11) is 0. The largest absolute Gasteiger partial charge is 0.276 e. The van der Waals surface area contributed by atoms with Gasteiger partial charge in [-0.3, -0.25) is 10.1 Å². The fourth-order valence-corrected chi connectivity index (χ4v) is 1.98. The number of nitro groups is 1. The molecule has 0 N–H and O–H groups in total. The van der Waals surface area contributed by atoms with Crippen LogP contribution in [0, 0.1) is 10.1 Å². The maximum atomic E-state index is 10.8. The Hall–Kier alpha value is -1.95. The predicted octanol–water partition coefficient (Wildman–Crippen LogP) is 2.95. The summed E-state index contributed by atoms with van der Waals surface area (Å²) >= 11 is 5.82. The van der Waals surface area contributed by atoms with E-state index in [0.29, 0.717) is 5.82 Å². The Morgan fingerprint density at radius 2 is 2.05 bits per heavy atom. The number of hydrogen-bond donors (Lipinski definition) is 0. The van der Waals surface area contributed by atoms with E-state index in [-0.39, 0.29) is 10.8 Å². The molecule has 0 spiro atoms. The number of aromatic nitrogens is 3. The number of halogens is 1. The van der Waals surface area contributed by atoms with Gasteiger partial charge in [0.1, 0.15) is 5.15 Å². The summed E-state index contributed by atoms with van der Waals surface area (Å²) in [6, 6.07) is 4.56. The van der Waals surface area contributed by atoms with Crippen LogP contribution in [-0.4, -0.2) is 19.7 Å². The van der Waals surface area contributed by atoms with Crippen molar-refractivity contribution in [2.24, 2.45) is 0 Å². The van der Waals surface area contributed by atoms with Crippen molar-refractivity contribution >= 4 is 17.3 Å². The van der Waals surface area contributed by atoms with Crippen molar-refractivity contribution in [3.63, 3.8) is 0 Å². The van der Waals surface area contributed by atoms with Gasteiger partial charge in [0.2, 0.25) is 0 Å². The maximum absolute atomic E-state index is 10.8. The van der Waals surface area contributed by atoms with Crippen LogP contribution in [0.4, 0.5) is 5.69 Å². The summed E-state index contributed by atoms with van der Waals surface area (Å²) in [5.74, 6) is 0.371. The zero-order valence-electron chi connectivity index (χ0n) is 10.6. The van der Waals surface area contributed by atoms with Gasteiger partial charge < -0.3 is 0 Å². The fourth-order valence-electron chi connectivity index (χ4n) is 1.78. The number of pyridine rings is 1. The molecule has 0 bridgehead atoms. The summed E-state index contributed by atoms with van der Waals surface area (Å²) in [6.07, 6.45) is 1.55. The Kier molecular flexibility index (Phi) is 3.80. The van der Waals surface area contributed by atoms with Crippen LogP contribution in [0.2, 0.25) is 5.15 Å². The van der Waals surface area contributed by atoms with Crippen LogP contribution in [0.1, 0.15) is 25.2 Å². The van der Waals surface area contributed by atoms with Crippen molar-refractivity contribution < 1.29 is 4.92 Å². The molecule has 2 aromatic rings. The molecule has 2 aromatic heterocycles. The van der Waals surface area contributed by atoms with E-state index in [1.165, 1.54) is 12.1 Å². The third kappa shape index (κ3) is 2.73. The van der Waals surface area contributed by atoms with Crippen LogP contribution >= 0.6 is 11.6 Å². The van der Waals surface area contributed by atoms with Gasteiger partial charge in [-0.2, -0.15) is 5.10 Å². The van der Waals surface area contributed by atoms with Crippen molar-refractivity contribution in [3.05, 3.63) is 44.9 Å². The lowest BCUT2D eigenvalue weighted by Gasteiger charge is -2.05. The second kappa shape index (κ2) is 5.36. The maximum Gasteiger partial charge on any atom is 0.276 e. The van der Waals surface area contributed by atoms with Crippen LogP contribution in [-0.2, 0) is 12.8 Å². The number of hydrogen-bond acceptors (Lipinski definition) is 4. The smallest absolute Gasteiger partial charge is 0.258 e. The van der Waals surface area contributed by atoms with Gasteiger partial charge >= 0.3 is 0 Å². The molecule has 0 saturated heterocycles. The van der Waals surface area contributed by atoms with E-state index in [4.69, 9.17) is 11.6 Å². The van der Waals surface area contributed by atoms with Crippen molar-refractivity contribution in [3.8, 4) is 5.82 Å². The zero-order valence-corrected chi connectivity index (χ0v) is 11.4. The SMILES string of the molecule is CCc1cc(CC)n(-c2cc([N+](=O)[O-])cc(Cl)n2)n1. The molecule has 0 atom stereocenters. The normalized spacial score (nSPS) is 10.7. The second-order valence-electron chi connectivity index (χ2n) is 4.01. The average molecular weight is 281 g/mol. The molecular formula is C12H13ClN4O2. The summed E-state index contributed by atoms with van der Waals surface area (Å²) in [5, 5.41) is 15.3. The first-order valence-electron chi connectivity index (χ1n) is 5.95. The number of aryl methyl sites for hydroxylation is 2. The number of rotatable bonds is 4. The van der Waals surface area contributed by atoms with Gasteiger partial charge in [-0.1, -0.05) is 25.4 Å². The third-order valence-corrected chi connectivity index (χ3v) is 2.94. The molecule has 0 unspecified atom stereocenters. The lowest BCUT2D eigenvalue weighted by Crippen LogP contribution is -2.05. The Balaban J connectivity index is 2.57. The molecule has 0 radical (unpaired) electrons. The fraction of sp³-hybridized carbons (Fsp3) is 0.333. The second-order valence-corrected chi connectivity index (χ2v) is 4.40. The highest BCUT2D eigenvalue weighted by molar-refractivity contribution is 6.29.